The molecule has 0 saturated heterocycles. The van der Waals surface area contributed by atoms with Gasteiger partial charge in [-0.2, -0.15) is 0 Å². The third-order valence-corrected chi connectivity index (χ3v) is 4.88. The Morgan fingerprint density at radius 1 is 1.31 bits per heavy atom. The van der Waals surface area contributed by atoms with Crippen LogP contribution in [0.25, 0.3) is 0 Å². The zero-order valence-corrected chi connectivity index (χ0v) is 17.2. The summed E-state index contributed by atoms with van der Waals surface area (Å²) in [6.45, 7) is 12.7. The van der Waals surface area contributed by atoms with E-state index in [1.807, 2.05) is 35.4 Å². The summed E-state index contributed by atoms with van der Waals surface area (Å²) in [6, 6.07) is 5.13. The number of aromatic hydroxyl groups is 1. The Hall–Kier alpha value is -1.85. The Morgan fingerprint density at radius 3 is 2.81 bits per heavy atom. The number of allylic oxidation sites excluding steroid dienone is 4. The van der Waals surface area contributed by atoms with E-state index in [0.717, 1.165) is 41.4 Å². The number of hydrogen-bond donors (Lipinski definition) is 2. The Kier molecular flexibility index (Phi) is 11.4. The Balaban J connectivity index is 2.76. The van der Waals surface area contributed by atoms with Crippen molar-refractivity contribution < 1.29 is 5.11 Å². The van der Waals surface area contributed by atoms with Gasteiger partial charge in [0.05, 0.1) is 11.4 Å². The summed E-state index contributed by atoms with van der Waals surface area (Å²) in [5, 5.41) is 15.2. The Morgan fingerprint density at radius 2 is 2.12 bits per heavy atom. The largest absolute Gasteiger partial charge is 0.508 e. The molecule has 5 heteroatoms. The second-order valence-corrected chi connectivity index (χ2v) is 7.84. The molecule has 140 valence electrons. The minimum absolute atomic E-state index is 0.217. The molecule has 0 bridgehead atoms. The highest BCUT2D eigenvalue weighted by molar-refractivity contribution is 8.03. The van der Waals surface area contributed by atoms with E-state index < -0.39 is 0 Å². The van der Waals surface area contributed by atoms with Crippen LogP contribution in [0.1, 0.15) is 20.3 Å². The van der Waals surface area contributed by atoms with Crippen LogP contribution in [0, 0.1) is 0 Å². The van der Waals surface area contributed by atoms with Gasteiger partial charge >= 0.3 is 0 Å². The Bertz CT molecular complexity index is 679. The van der Waals surface area contributed by atoms with E-state index in [1.54, 1.807) is 36.2 Å². The summed E-state index contributed by atoms with van der Waals surface area (Å²) >= 11 is 3.54. The molecular weight excluding hydrogens is 360 g/mol. The average molecular weight is 389 g/mol. The van der Waals surface area contributed by atoms with Crippen LogP contribution in [0.15, 0.2) is 70.5 Å². The second kappa shape index (κ2) is 13.4. The van der Waals surface area contributed by atoms with Gasteiger partial charge in [0.2, 0.25) is 0 Å². The molecule has 0 unspecified atom stereocenters. The SMILES string of the molecule is C=C/C=C(/CCNc1cc(O)ccc1N=CC(=C)/C=C\SCC)SCC. The van der Waals surface area contributed by atoms with E-state index in [-0.39, 0.29) is 5.75 Å². The molecule has 3 nitrogen and oxygen atoms in total. The molecule has 0 atom stereocenters. The van der Waals surface area contributed by atoms with E-state index in [9.17, 15) is 5.11 Å². The zero-order valence-electron chi connectivity index (χ0n) is 15.6. The molecule has 1 aromatic carbocycles. The van der Waals surface area contributed by atoms with Gasteiger partial charge in [0.25, 0.3) is 0 Å². The smallest absolute Gasteiger partial charge is 0.117 e. The molecular formula is C21H28N2OS2. The lowest BCUT2D eigenvalue weighted by Crippen LogP contribution is -2.02. The highest BCUT2D eigenvalue weighted by Crippen LogP contribution is 2.29. The molecule has 0 saturated carbocycles. The number of rotatable bonds is 12. The van der Waals surface area contributed by atoms with Crippen LogP contribution in [-0.2, 0) is 0 Å². The predicted molar refractivity (Wildman–Crippen MR) is 122 cm³/mol. The number of nitrogens with zero attached hydrogens (tertiary/aromatic N) is 1. The van der Waals surface area contributed by atoms with Crippen LogP contribution < -0.4 is 5.32 Å². The van der Waals surface area contributed by atoms with Crippen molar-refractivity contribution in [3.8, 4) is 5.75 Å². The Labute approximate surface area is 166 Å². The first-order valence-electron chi connectivity index (χ1n) is 8.63. The first kappa shape index (κ1) is 22.2. The monoisotopic (exact) mass is 388 g/mol. The van der Waals surface area contributed by atoms with Crippen LogP contribution in [0.2, 0.25) is 0 Å². The number of thioether (sulfide) groups is 2. The van der Waals surface area contributed by atoms with E-state index in [1.165, 1.54) is 4.91 Å². The van der Waals surface area contributed by atoms with Crippen molar-refractivity contribution in [1.82, 2.24) is 0 Å². The predicted octanol–water partition coefficient (Wildman–Crippen LogP) is 6.54. The van der Waals surface area contributed by atoms with Gasteiger partial charge in [-0.25, -0.2) is 0 Å². The average Bonchev–Trinajstić information content (AvgIpc) is 2.61. The van der Waals surface area contributed by atoms with E-state index in [0.29, 0.717) is 0 Å². The maximum absolute atomic E-state index is 9.78. The van der Waals surface area contributed by atoms with Crippen molar-refractivity contribution in [3.63, 3.8) is 0 Å². The van der Waals surface area contributed by atoms with Crippen molar-refractivity contribution in [2.75, 3.05) is 23.4 Å². The van der Waals surface area contributed by atoms with Crippen LogP contribution in [-0.4, -0.2) is 29.4 Å². The standard InChI is InChI=1S/C21H28N2OS2/c1-5-8-19(26-7-3)11-13-22-21-15-18(24)9-10-20(21)23-16-17(4)12-14-25-6-2/h5,8-10,12,14-16,22,24H,1,4,6-7,11,13H2,2-3H3/b14-12-,19-8-,23-16?. The maximum atomic E-state index is 9.78. The minimum atomic E-state index is 0.217. The van der Waals surface area contributed by atoms with Crippen molar-refractivity contribution in [2.24, 2.45) is 4.99 Å². The number of phenols is 1. The molecule has 0 fully saturated rings. The molecule has 26 heavy (non-hydrogen) atoms. The summed E-state index contributed by atoms with van der Waals surface area (Å²) in [5.74, 6) is 2.29. The van der Waals surface area contributed by atoms with Gasteiger partial charge in [-0.3, -0.25) is 4.99 Å². The van der Waals surface area contributed by atoms with Crippen molar-refractivity contribution >= 4 is 41.1 Å². The molecule has 0 aromatic heterocycles. The molecule has 2 N–H and O–H groups in total. The highest BCUT2D eigenvalue weighted by Gasteiger charge is 2.03. The molecule has 0 aliphatic carbocycles. The van der Waals surface area contributed by atoms with E-state index in [2.05, 4.69) is 37.3 Å². The number of benzene rings is 1. The molecule has 0 spiro atoms. The van der Waals surface area contributed by atoms with Gasteiger partial charge in [-0.05, 0) is 52.0 Å². The fourth-order valence-electron chi connectivity index (χ4n) is 2.05. The lowest BCUT2D eigenvalue weighted by molar-refractivity contribution is 0.475. The van der Waals surface area contributed by atoms with Crippen LogP contribution in [0.5, 0.6) is 5.75 Å². The summed E-state index contributed by atoms with van der Waals surface area (Å²) in [7, 11) is 0. The van der Waals surface area contributed by atoms with Gasteiger partial charge in [-0.1, -0.05) is 39.2 Å². The maximum Gasteiger partial charge on any atom is 0.117 e. The van der Waals surface area contributed by atoms with Gasteiger partial charge in [-0.15, -0.1) is 23.5 Å². The fourth-order valence-corrected chi connectivity index (χ4v) is 3.32. The quantitative estimate of drug-likeness (QED) is 0.315. The fraction of sp³-hybridized carbons (Fsp3) is 0.286. The normalized spacial score (nSPS) is 12.0. The molecule has 0 radical (unpaired) electrons. The third kappa shape index (κ3) is 9.02. The van der Waals surface area contributed by atoms with Crippen LogP contribution in [0.3, 0.4) is 0 Å². The second-order valence-electron chi connectivity index (χ2n) is 5.27. The number of hydrogen-bond acceptors (Lipinski definition) is 5. The number of phenolic OH excluding ortho intramolecular Hbond substituents is 1. The lowest BCUT2D eigenvalue weighted by Gasteiger charge is -2.11. The van der Waals surface area contributed by atoms with Crippen LogP contribution >= 0.6 is 23.5 Å². The molecule has 0 aliphatic heterocycles. The van der Waals surface area contributed by atoms with Gasteiger partial charge in [0.15, 0.2) is 0 Å². The minimum Gasteiger partial charge on any atom is -0.508 e. The van der Waals surface area contributed by atoms with Crippen molar-refractivity contribution in [3.05, 3.63) is 65.5 Å². The topological polar surface area (TPSA) is 44.6 Å². The molecule has 0 amide bonds. The van der Waals surface area contributed by atoms with Gasteiger partial charge < -0.3 is 10.4 Å². The lowest BCUT2D eigenvalue weighted by atomic mass is 10.2. The third-order valence-electron chi connectivity index (χ3n) is 3.21. The van der Waals surface area contributed by atoms with E-state index >= 15 is 0 Å². The number of nitrogens with one attached hydrogen (secondary N) is 1. The number of anilines is 1. The zero-order chi connectivity index (χ0) is 19.2. The van der Waals surface area contributed by atoms with E-state index in [4.69, 9.17) is 0 Å². The van der Waals surface area contributed by atoms with Crippen molar-refractivity contribution in [1.29, 1.82) is 0 Å². The summed E-state index contributed by atoms with van der Waals surface area (Å²) in [5.41, 5.74) is 2.42. The van der Waals surface area contributed by atoms with Gasteiger partial charge in [0, 0.05) is 18.8 Å². The van der Waals surface area contributed by atoms with Crippen molar-refractivity contribution in [2.45, 2.75) is 20.3 Å². The van der Waals surface area contributed by atoms with Gasteiger partial charge in [0.1, 0.15) is 5.75 Å². The molecule has 0 heterocycles. The summed E-state index contributed by atoms with van der Waals surface area (Å²) in [4.78, 5) is 5.79. The van der Waals surface area contributed by atoms with Crippen LogP contribution in [0.4, 0.5) is 11.4 Å². The summed E-state index contributed by atoms with van der Waals surface area (Å²) < 4.78 is 0. The highest BCUT2D eigenvalue weighted by atomic mass is 32.2. The molecule has 0 aliphatic rings. The number of aliphatic imine (C=N–C) groups is 1. The summed E-state index contributed by atoms with van der Waals surface area (Å²) in [6.07, 6.45) is 8.44. The molecule has 1 rings (SSSR count). The first-order valence-corrected chi connectivity index (χ1v) is 10.7. The first-order chi connectivity index (χ1) is 12.6. The molecule has 1 aromatic rings.